The van der Waals surface area contributed by atoms with Crippen LogP contribution >= 0.6 is 0 Å². The zero-order valence-corrected chi connectivity index (χ0v) is 11.5. The van der Waals surface area contributed by atoms with Crippen molar-refractivity contribution in [1.29, 1.82) is 0 Å². The van der Waals surface area contributed by atoms with Crippen LogP contribution in [0.3, 0.4) is 0 Å². The SMILES string of the molecule is CC(C(=O)NCCC1=CCCC1)c1cccc(N)c1. The number of nitrogens with two attached hydrogens (primary N) is 1. The molecule has 1 atom stereocenters. The lowest BCUT2D eigenvalue weighted by Gasteiger charge is -2.13. The summed E-state index contributed by atoms with van der Waals surface area (Å²) >= 11 is 0. The van der Waals surface area contributed by atoms with Gasteiger partial charge in [-0.2, -0.15) is 0 Å². The summed E-state index contributed by atoms with van der Waals surface area (Å²) in [6.07, 6.45) is 6.94. The maximum Gasteiger partial charge on any atom is 0.227 e. The molecule has 1 aromatic rings. The van der Waals surface area contributed by atoms with Crippen molar-refractivity contribution in [1.82, 2.24) is 5.32 Å². The van der Waals surface area contributed by atoms with Crippen molar-refractivity contribution in [3.63, 3.8) is 0 Å². The van der Waals surface area contributed by atoms with Gasteiger partial charge in [-0.3, -0.25) is 4.79 Å². The number of anilines is 1. The molecule has 19 heavy (non-hydrogen) atoms. The molecule has 0 fully saturated rings. The largest absolute Gasteiger partial charge is 0.399 e. The van der Waals surface area contributed by atoms with Gasteiger partial charge in [-0.25, -0.2) is 0 Å². The molecule has 0 saturated carbocycles. The minimum atomic E-state index is -0.152. The average Bonchev–Trinajstić information content (AvgIpc) is 2.91. The molecule has 0 heterocycles. The Morgan fingerprint density at radius 3 is 3.00 bits per heavy atom. The smallest absolute Gasteiger partial charge is 0.227 e. The number of amides is 1. The first-order chi connectivity index (χ1) is 9.16. The maximum atomic E-state index is 12.1. The van der Waals surface area contributed by atoms with Crippen LogP contribution in [-0.4, -0.2) is 12.5 Å². The third-order valence-electron chi connectivity index (χ3n) is 3.68. The molecule has 0 aromatic heterocycles. The second kappa shape index (κ2) is 6.41. The van der Waals surface area contributed by atoms with E-state index in [9.17, 15) is 4.79 Å². The van der Waals surface area contributed by atoms with Crippen LogP contribution < -0.4 is 11.1 Å². The molecule has 3 N–H and O–H groups in total. The molecule has 1 amide bonds. The molecule has 0 aliphatic heterocycles. The Labute approximate surface area is 114 Å². The number of nitrogen functional groups attached to an aromatic ring is 1. The summed E-state index contributed by atoms with van der Waals surface area (Å²) in [5, 5.41) is 3.01. The average molecular weight is 258 g/mol. The number of hydrogen-bond acceptors (Lipinski definition) is 2. The first-order valence-corrected chi connectivity index (χ1v) is 6.98. The Hall–Kier alpha value is -1.77. The van der Waals surface area contributed by atoms with Crippen molar-refractivity contribution < 1.29 is 4.79 Å². The second-order valence-corrected chi connectivity index (χ2v) is 5.19. The lowest BCUT2D eigenvalue weighted by molar-refractivity contribution is -0.122. The van der Waals surface area contributed by atoms with Gasteiger partial charge in [0.05, 0.1) is 5.92 Å². The number of rotatable bonds is 5. The summed E-state index contributed by atoms with van der Waals surface area (Å²) in [6, 6.07) is 7.53. The van der Waals surface area contributed by atoms with Gasteiger partial charge in [-0.05, 0) is 50.3 Å². The highest BCUT2D eigenvalue weighted by atomic mass is 16.1. The predicted molar refractivity (Wildman–Crippen MR) is 78.8 cm³/mol. The van der Waals surface area contributed by atoms with E-state index < -0.39 is 0 Å². The fourth-order valence-corrected chi connectivity index (χ4v) is 2.44. The molecular formula is C16H22N2O. The van der Waals surface area contributed by atoms with E-state index in [1.54, 1.807) is 0 Å². The second-order valence-electron chi connectivity index (χ2n) is 5.19. The van der Waals surface area contributed by atoms with Crippen molar-refractivity contribution in [3.05, 3.63) is 41.5 Å². The zero-order chi connectivity index (χ0) is 13.7. The molecule has 0 spiro atoms. The standard InChI is InChI=1S/C16H22N2O/c1-12(14-7-4-8-15(17)11-14)16(19)18-10-9-13-5-2-3-6-13/h4-5,7-8,11-12H,2-3,6,9-10,17H2,1H3,(H,18,19). The van der Waals surface area contributed by atoms with Crippen LogP contribution in [0.1, 0.15) is 44.1 Å². The fraction of sp³-hybridized carbons (Fsp3) is 0.438. The van der Waals surface area contributed by atoms with Crippen molar-refractivity contribution in [2.24, 2.45) is 0 Å². The predicted octanol–water partition coefficient (Wildman–Crippen LogP) is 2.99. The van der Waals surface area contributed by atoms with Crippen LogP contribution in [-0.2, 0) is 4.79 Å². The van der Waals surface area contributed by atoms with Crippen LogP contribution in [0.15, 0.2) is 35.9 Å². The van der Waals surface area contributed by atoms with E-state index in [1.807, 2.05) is 31.2 Å². The number of hydrogen-bond donors (Lipinski definition) is 2. The van der Waals surface area contributed by atoms with Gasteiger partial charge in [-0.15, -0.1) is 0 Å². The third-order valence-corrected chi connectivity index (χ3v) is 3.68. The molecule has 0 saturated heterocycles. The van der Waals surface area contributed by atoms with E-state index in [4.69, 9.17) is 5.73 Å². The van der Waals surface area contributed by atoms with Crippen LogP contribution in [0.5, 0.6) is 0 Å². The lowest BCUT2D eigenvalue weighted by Crippen LogP contribution is -2.29. The van der Waals surface area contributed by atoms with Crippen LogP contribution in [0, 0.1) is 0 Å². The molecule has 3 nitrogen and oxygen atoms in total. The van der Waals surface area contributed by atoms with Gasteiger partial charge >= 0.3 is 0 Å². The van der Waals surface area contributed by atoms with Gasteiger partial charge in [0.2, 0.25) is 5.91 Å². The topological polar surface area (TPSA) is 55.1 Å². The summed E-state index contributed by atoms with van der Waals surface area (Å²) < 4.78 is 0. The highest BCUT2D eigenvalue weighted by molar-refractivity contribution is 5.83. The third kappa shape index (κ3) is 3.85. The first kappa shape index (κ1) is 13.7. The van der Waals surface area contributed by atoms with Gasteiger partial charge in [-0.1, -0.05) is 23.8 Å². The van der Waals surface area contributed by atoms with Crippen molar-refractivity contribution in [2.45, 2.75) is 38.5 Å². The van der Waals surface area contributed by atoms with Crippen molar-refractivity contribution in [3.8, 4) is 0 Å². The van der Waals surface area contributed by atoms with E-state index >= 15 is 0 Å². The fourth-order valence-electron chi connectivity index (χ4n) is 2.44. The van der Waals surface area contributed by atoms with E-state index in [0.717, 1.165) is 18.5 Å². The van der Waals surface area contributed by atoms with E-state index in [2.05, 4.69) is 11.4 Å². The summed E-state index contributed by atoms with van der Waals surface area (Å²) in [6.45, 7) is 2.65. The van der Waals surface area contributed by atoms with Gasteiger partial charge in [0.25, 0.3) is 0 Å². The Morgan fingerprint density at radius 2 is 2.32 bits per heavy atom. The van der Waals surface area contributed by atoms with Gasteiger partial charge in [0.1, 0.15) is 0 Å². The highest BCUT2D eigenvalue weighted by Crippen LogP contribution is 2.20. The summed E-state index contributed by atoms with van der Waals surface area (Å²) in [5.74, 6) is -0.0785. The minimum absolute atomic E-state index is 0.0733. The molecule has 2 rings (SSSR count). The number of carbonyl (C=O) groups is 1. The number of allylic oxidation sites excluding steroid dienone is 1. The van der Waals surface area contributed by atoms with E-state index in [-0.39, 0.29) is 11.8 Å². The normalized spacial score (nSPS) is 15.9. The number of benzene rings is 1. The lowest BCUT2D eigenvalue weighted by atomic mass is 10.00. The maximum absolute atomic E-state index is 12.1. The quantitative estimate of drug-likeness (QED) is 0.630. The molecule has 102 valence electrons. The Kier molecular flexibility index (Phi) is 4.61. The number of carbonyl (C=O) groups excluding carboxylic acids is 1. The van der Waals surface area contributed by atoms with Gasteiger partial charge < -0.3 is 11.1 Å². The Morgan fingerprint density at radius 1 is 1.47 bits per heavy atom. The van der Waals surface area contributed by atoms with Crippen molar-refractivity contribution in [2.75, 3.05) is 12.3 Å². The van der Waals surface area contributed by atoms with Crippen molar-refractivity contribution >= 4 is 11.6 Å². The van der Waals surface area contributed by atoms with E-state index in [0.29, 0.717) is 5.69 Å². The van der Waals surface area contributed by atoms with Crippen LogP contribution in [0.25, 0.3) is 0 Å². The minimum Gasteiger partial charge on any atom is -0.399 e. The molecular weight excluding hydrogens is 236 g/mol. The summed E-state index contributed by atoms with van der Waals surface area (Å²) in [5.41, 5.74) is 8.90. The molecule has 1 aromatic carbocycles. The summed E-state index contributed by atoms with van der Waals surface area (Å²) in [4.78, 5) is 12.1. The number of nitrogens with one attached hydrogen (secondary N) is 1. The van der Waals surface area contributed by atoms with Gasteiger partial charge in [0, 0.05) is 12.2 Å². The van der Waals surface area contributed by atoms with E-state index in [1.165, 1.54) is 24.8 Å². The highest BCUT2D eigenvalue weighted by Gasteiger charge is 2.15. The van der Waals surface area contributed by atoms with Crippen LogP contribution in [0.4, 0.5) is 5.69 Å². The molecule has 1 aliphatic rings. The molecule has 0 bridgehead atoms. The summed E-state index contributed by atoms with van der Waals surface area (Å²) in [7, 11) is 0. The first-order valence-electron chi connectivity index (χ1n) is 6.98. The molecule has 1 aliphatic carbocycles. The molecule has 0 radical (unpaired) electrons. The Bertz CT molecular complexity index is 479. The molecule has 3 heteroatoms. The Balaban J connectivity index is 1.82. The zero-order valence-electron chi connectivity index (χ0n) is 11.5. The van der Waals surface area contributed by atoms with Gasteiger partial charge in [0.15, 0.2) is 0 Å². The molecule has 1 unspecified atom stereocenters. The monoisotopic (exact) mass is 258 g/mol. The van der Waals surface area contributed by atoms with Crippen LogP contribution in [0.2, 0.25) is 0 Å².